The fraction of sp³-hybridized carbons (Fsp3) is 0.419. The number of ether oxygens (including phenoxy) is 2. The van der Waals surface area contributed by atoms with E-state index in [1.54, 1.807) is 7.11 Å². The highest BCUT2D eigenvalue weighted by atomic mass is 16.5. The molecule has 2 fully saturated rings. The van der Waals surface area contributed by atoms with Crippen LogP contribution in [0.25, 0.3) is 23.0 Å². The SMILES string of the molecule is COC1(c2ccc(-c3noc(-c4cc(C)n(Cc5cccc(C(=O)N6CCN(C)CC6)c5)n4)n3)cc2)CCOCC1. The van der Waals surface area contributed by atoms with E-state index in [2.05, 4.69) is 34.2 Å². The summed E-state index contributed by atoms with van der Waals surface area (Å²) in [6.07, 6.45) is 1.65. The van der Waals surface area contributed by atoms with Crippen LogP contribution in [0.2, 0.25) is 0 Å². The molecule has 10 nitrogen and oxygen atoms in total. The number of hydrogen-bond donors (Lipinski definition) is 0. The third-order valence-corrected chi connectivity index (χ3v) is 8.28. The zero-order valence-electron chi connectivity index (χ0n) is 23.9. The van der Waals surface area contributed by atoms with Gasteiger partial charge in [0.05, 0.1) is 12.1 Å². The molecule has 0 bridgehead atoms. The summed E-state index contributed by atoms with van der Waals surface area (Å²) in [6, 6.07) is 17.9. The van der Waals surface area contributed by atoms with Gasteiger partial charge in [-0.3, -0.25) is 9.48 Å². The lowest BCUT2D eigenvalue weighted by atomic mass is 9.86. The Hall–Kier alpha value is -3.86. The lowest BCUT2D eigenvalue weighted by Crippen LogP contribution is -2.47. The number of piperazine rings is 1. The van der Waals surface area contributed by atoms with Gasteiger partial charge in [-0.25, -0.2) is 0 Å². The van der Waals surface area contributed by atoms with Gasteiger partial charge in [-0.2, -0.15) is 10.1 Å². The maximum absolute atomic E-state index is 13.1. The molecule has 1 amide bonds. The second-order valence-corrected chi connectivity index (χ2v) is 10.9. The lowest BCUT2D eigenvalue weighted by molar-refractivity contribution is -0.0947. The number of carbonyl (C=O) groups excluding carboxylic acids is 1. The zero-order chi connectivity index (χ0) is 28.4. The van der Waals surface area contributed by atoms with E-state index in [-0.39, 0.29) is 11.5 Å². The highest BCUT2D eigenvalue weighted by molar-refractivity contribution is 5.94. The van der Waals surface area contributed by atoms with Crippen LogP contribution in [0, 0.1) is 6.92 Å². The topological polar surface area (TPSA) is 98.8 Å². The van der Waals surface area contributed by atoms with Gasteiger partial charge in [0.1, 0.15) is 0 Å². The number of rotatable bonds is 7. The van der Waals surface area contributed by atoms with Crippen molar-refractivity contribution in [2.75, 3.05) is 53.6 Å². The minimum atomic E-state index is -0.319. The molecule has 0 saturated carbocycles. The van der Waals surface area contributed by atoms with Crippen molar-refractivity contribution in [1.82, 2.24) is 29.7 Å². The van der Waals surface area contributed by atoms with Gasteiger partial charge in [-0.15, -0.1) is 0 Å². The Labute approximate surface area is 239 Å². The molecule has 214 valence electrons. The van der Waals surface area contributed by atoms with Crippen molar-refractivity contribution in [3.8, 4) is 23.0 Å². The van der Waals surface area contributed by atoms with E-state index in [0.717, 1.165) is 61.4 Å². The quantitative estimate of drug-likeness (QED) is 0.337. The molecular weight excluding hydrogens is 520 g/mol. The molecule has 0 spiro atoms. The van der Waals surface area contributed by atoms with Gasteiger partial charge in [0.2, 0.25) is 5.82 Å². The van der Waals surface area contributed by atoms with Crippen LogP contribution >= 0.6 is 0 Å². The molecule has 10 heteroatoms. The lowest BCUT2D eigenvalue weighted by Gasteiger charge is -2.36. The van der Waals surface area contributed by atoms with E-state index in [4.69, 9.17) is 19.1 Å². The largest absolute Gasteiger partial charge is 0.381 e. The van der Waals surface area contributed by atoms with Gasteiger partial charge in [-0.05, 0) is 43.3 Å². The van der Waals surface area contributed by atoms with Gasteiger partial charge in [0.25, 0.3) is 11.8 Å². The standard InChI is InChI=1S/C31H36N6O4/c1-22-19-27(33-37(22)21-23-5-4-6-25(20-23)30(38)36-15-13-35(2)14-16-36)29-32-28(34-41-29)24-7-9-26(10-8-24)31(39-3)11-17-40-18-12-31/h4-10,19-20H,11-18,21H2,1-3H3. The number of nitrogens with zero attached hydrogens (tertiary/aromatic N) is 6. The summed E-state index contributed by atoms with van der Waals surface area (Å²) in [4.78, 5) is 21.9. The van der Waals surface area contributed by atoms with Gasteiger partial charge in [0.15, 0.2) is 5.69 Å². The van der Waals surface area contributed by atoms with E-state index >= 15 is 0 Å². The fourth-order valence-electron chi connectivity index (χ4n) is 5.62. The Kier molecular flexibility index (Phi) is 7.70. The molecule has 2 aliphatic rings. The summed E-state index contributed by atoms with van der Waals surface area (Å²) >= 11 is 0. The number of amides is 1. The Bertz CT molecular complexity index is 1500. The van der Waals surface area contributed by atoms with Crippen molar-refractivity contribution in [1.29, 1.82) is 0 Å². The molecule has 2 aromatic carbocycles. The first-order valence-electron chi connectivity index (χ1n) is 14.1. The van der Waals surface area contributed by atoms with Gasteiger partial charge in [0, 0.05) is 76.2 Å². The van der Waals surface area contributed by atoms with Crippen LogP contribution < -0.4 is 0 Å². The van der Waals surface area contributed by atoms with Crippen LogP contribution in [0.3, 0.4) is 0 Å². The normalized spacial score (nSPS) is 17.6. The van der Waals surface area contributed by atoms with Crippen molar-refractivity contribution in [3.05, 3.63) is 77.0 Å². The predicted molar refractivity (Wildman–Crippen MR) is 153 cm³/mol. The summed E-state index contributed by atoms with van der Waals surface area (Å²) in [5.41, 5.74) is 4.95. The number of hydrogen-bond acceptors (Lipinski definition) is 8. The highest BCUT2D eigenvalue weighted by Gasteiger charge is 2.34. The highest BCUT2D eigenvalue weighted by Crippen LogP contribution is 2.36. The predicted octanol–water partition coefficient (Wildman–Crippen LogP) is 4.00. The van der Waals surface area contributed by atoms with Crippen molar-refractivity contribution < 1.29 is 18.8 Å². The van der Waals surface area contributed by atoms with Gasteiger partial charge >= 0.3 is 0 Å². The van der Waals surface area contributed by atoms with Crippen molar-refractivity contribution in [2.45, 2.75) is 31.9 Å². The number of likely N-dealkylation sites (N-methyl/N-ethyl adjacent to an activating group) is 1. The molecule has 4 aromatic rings. The molecule has 2 aromatic heterocycles. The Morgan fingerprint density at radius 1 is 1.02 bits per heavy atom. The molecule has 0 aliphatic carbocycles. The minimum Gasteiger partial charge on any atom is -0.381 e. The number of carbonyl (C=O) groups is 1. The van der Waals surface area contributed by atoms with Crippen LogP contribution in [0.15, 0.2) is 59.1 Å². The summed E-state index contributed by atoms with van der Waals surface area (Å²) in [7, 11) is 3.84. The van der Waals surface area contributed by atoms with Crippen LogP contribution in [-0.4, -0.2) is 89.2 Å². The van der Waals surface area contributed by atoms with E-state index in [9.17, 15) is 4.79 Å². The van der Waals surface area contributed by atoms with Crippen molar-refractivity contribution in [3.63, 3.8) is 0 Å². The number of benzene rings is 2. The molecule has 0 atom stereocenters. The average Bonchev–Trinajstić information content (AvgIpc) is 3.65. The van der Waals surface area contributed by atoms with Crippen molar-refractivity contribution in [2.24, 2.45) is 0 Å². The summed E-state index contributed by atoms with van der Waals surface area (Å²) in [5.74, 6) is 0.949. The van der Waals surface area contributed by atoms with Crippen molar-refractivity contribution >= 4 is 5.91 Å². The van der Waals surface area contributed by atoms with Crippen LogP contribution in [0.1, 0.15) is 40.0 Å². The minimum absolute atomic E-state index is 0.0781. The van der Waals surface area contributed by atoms with E-state index in [1.165, 1.54) is 0 Å². The van der Waals surface area contributed by atoms with Crippen LogP contribution in [0.4, 0.5) is 0 Å². The maximum Gasteiger partial charge on any atom is 0.278 e. The summed E-state index contributed by atoms with van der Waals surface area (Å²) in [6.45, 7) is 7.20. The first-order valence-corrected chi connectivity index (χ1v) is 14.1. The molecule has 0 unspecified atom stereocenters. The molecule has 6 rings (SSSR count). The monoisotopic (exact) mass is 556 g/mol. The molecular formula is C31H36N6O4. The maximum atomic E-state index is 13.1. The van der Waals surface area contributed by atoms with Gasteiger partial charge < -0.3 is 23.8 Å². The number of aromatic nitrogens is 4. The second kappa shape index (κ2) is 11.6. The molecule has 0 radical (unpaired) electrons. The van der Waals surface area contributed by atoms with E-state index < -0.39 is 0 Å². The molecule has 2 saturated heterocycles. The van der Waals surface area contributed by atoms with Gasteiger partial charge in [-0.1, -0.05) is 41.6 Å². The van der Waals surface area contributed by atoms with Crippen LogP contribution in [-0.2, 0) is 21.6 Å². The van der Waals surface area contributed by atoms with E-state index in [0.29, 0.717) is 42.7 Å². The average molecular weight is 557 g/mol. The second-order valence-electron chi connectivity index (χ2n) is 10.9. The fourth-order valence-corrected chi connectivity index (χ4v) is 5.62. The first-order chi connectivity index (χ1) is 19.9. The Morgan fingerprint density at radius 3 is 2.51 bits per heavy atom. The molecule has 0 N–H and O–H groups in total. The molecule has 4 heterocycles. The number of methoxy groups -OCH3 is 1. The zero-order valence-corrected chi connectivity index (χ0v) is 23.9. The Morgan fingerprint density at radius 2 is 1.78 bits per heavy atom. The number of aryl methyl sites for hydroxylation is 1. The molecule has 2 aliphatic heterocycles. The smallest absolute Gasteiger partial charge is 0.278 e. The third kappa shape index (κ3) is 5.68. The molecule has 41 heavy (non-hydrogen) atoms. The van der Waals surface area contributed by atoms with Crippen LogP contribution in [0.5, 0.6) is 0 Å². The first kappa shape index (κ1) is 27.3. The van der Waals surface area contributed by atoms with E-state index in [1.807, 2.05) is 59.0 Å². The summed E-state index contributed by atoms with van der Waals surface area (Å²) < 4.78 is 18.9. The Balaban J connectivity index is 1.15. The summed E-state index contributed by atoms with van der Waals surface area (Å²) in [5, 5.41) is 8.96. The third-order valence-electron chi connectivity index (χ3n) is 8.28.